The molecule has 0 aliphatic heterocycles. The van der Waals surface area contributed by atoms with Crippen LogP contribution in [0.2, 0.25) is 6.04 Å². The average molecular weight is 292 g/mol. The van der Waals surface area contributed by atoms with Gasteiger partial charge in [-0.25, -0.2) is 4.79 Å². The van der Waals surface area contributed by atoms with Crippen molar-refractivity contribution >= 4 is 14.8 Å². The summed E-state index contributed by atoms with van der Waals surface area (Å²) < 4.78 is 16.8. The summed E-state index contributed by atoms with van der Waals surface area (Å²) in [5.41, 5.74) is 5.18. The fraction of sp³-hybridized carbons (Fsp3) is 0.917. The summed E-state index contributed by atoms with van der Waals surface area (Å²) in [6.07, 6.45) is 4.32. The summed E-state index contributed by atoms with van der Waals surface area (Å²) in [5.74, 6) is 0. The van der Waals surface area contributed by atoms with Crippen LogP contribution in [0, 0.1) is 0 Å². The van der Waals surface area contributed by atoms with Gasteiger partial charge in [-0.1, -0.05) is 33.1 Å². The molecular formula is C12H28N2O4Si. The van der Waals surface area contributed by atoms with Crippen LogP contribution in [0.15, 0.2) is 0 Å². The SMILES string of the molecule is CCCCCC(NC(N)=O)O[Si](CCC)(OC)OC. The van der Waals surface area contributed by atoms with Crippen molar-refractivity contribution < 1.29 is 18.1 Å². The lowest BCUT2D eigenvalue weighted by Gasteiger charge is -2.31. The summed E-state index contributed by atoms with van der Waals surface area (Å²) in [6.45, 7) is 4.16. The molecule has 0 spiro atoms. The van der Waals surface area contributed by atoms with Crippen LogP contribution >= 0.6 is 0 Å². The van der Waals surface area contributed by atoms with E-state index in [1.165, 1.54) is 0 Å². The molecule has 0 radical (unpaired) electrons. The topological polar surface area (TPSA) is 82.8 Å². The molecule has 1 unspecified atom stereocenters. The molecular weight excluding hydrogens is 264 g/mol. The number of rotatable bonds is 11. The van der Waals surface area contributed by atoms with E-state index < -0.39 is 21.1 Å². The fourth-order valence-corrected chi connectivity index (χ4v) is 3.97. The van der Waals surface area contributed by atoms with Crippen molar-refractivity contribution in [2.24, 2.45) is 5.73 Å². The minimum absolute atomic E-state index is 0.442. The predicted octanol–water partition coefficient (Wildman–Crippen LogP) is 2.22. The van der Waals surface area contributed by atoms with E-state index >= 15 is 0 Å². The molecule has 0 rings (SSSR count). The Balaban J connectivity index is 4.58. The first kappa shape index (κ1) is 18.4. The standard InChI is InChI=1S/C12H28N2O4Si/c1-5-7-8-9-11(14-12(13)15)18-19(16-3,17-4)10-6-2/h11H,5-10H2,1-4H3,(H3,13,14,15). The average Bonchev–Trinajstić information content (AvgIpc) is 2.37. The molecule has 7 heteroatoms. The van der Waals surface area contributed by atoms with Gasteiger partial charge in [-0.3, -0.25) is 0 Å². The second-order valence-electron chi connectivity index (χ2n) is 4.45. The number of amides is 2. The van der Waals surface area contributed by atoms with Gasteiger partial charge in [-0.2, -0.15) is 0 Å². The number of hydrogen-bond donors (Lipinski definition) is 2. The highest BCUT2D eigenvalue weighted by Gasteiger charge is 2.40. The van der Waals surface area contributed by atoms with Crippen molar-refractivity contribution in [1.29, 1.82) is 0 Å². The third-order valence-electron chi connectivity index (χ3n) is 2.87. The fourth-order valence-electron chi connectivity index (χ4n) is 1.86. The molecule has 0 aromatic rings. The van der Waals surface area contributed by atoms with E-state index in [1.807, 2.05) is 6.92 Å². The monoisotopic (exact) mass is 292 g/mol. The molecule has 0 heterocycles. The minimum atomic E-state index is -2.70. The lowest BCUT2D eigenvalue weighted by atomic mass is 10.2. The third kappa shape index (κ3) is 7.51. The zero-order valence-electron chi connectivity index (χ0n) is 12.5. The van der Waals surface area contributed by atoms with Gasteiger partial charge in [0.25, 0.3) is 0 Å². The van der Waals surface area contributed by atoms with Crippen molar-refractivity contribution in [1.82, 2.24) is 5.32 Å². The Kier molecular flexibility index (Phi) is 9.85. The molecule has 0 saturated carbocycles. The molecule has 0 fully saturated rings. The van der Waals surface area contributed by atoms with Crippen LogP contribution in [0.3, 0.4) is 0 Å². The summed E-state index contributed by atoms with van der Waals surface area (Å²) >= 11 is 0. The van der Waals surface area contributed by atoms with E-state index in [2.05, 4.69) is 12.2 Å². The van der Waals surface area contributed by atoms with Crippen LogP contribution in [0.1, 0.15) is 46.0 Å². The van der Waals surface area contributed by atoms with Gasteiger partial charge in [-0.15, -0.1) is 0 Å². The second kappa shape index (κ2) is 10.2. The van der Waals surface area contributed by atoms with Crippen molar-refractivity contribution in [2.75, 3.05) is 14.2 Å². The Hall–Kier alpha value is -0.633. The van der Waals surface area contributed by atoms with Gasteiger partial charge in [0.05, 0.1) is 0 Å². The Bertz CT molecular complexity index is 250. The summed E-state index contributed by atoms with van der Waals surface area (Å²) in [4.78, 5) is 11.0. The maximum absolute atomic E-state index is 11.0. The van der Waals surface area contributed by atoms with E-state index in [0.29, 0.717) is 12.5 Å². The number of carbonyl (C=O) groups excluding carboxylic acids is 1. The molecule has 0 aliphatic carbocycles. The van der Waals surface area contributed by atoms with E-state index in [4.69, 9.17) is 19.0 Å². The molecule has 6 nitrogen and oxygen atoms in total. The van der Waals surface area contributed by atoms with Crippen molar-refractivity contribution in [2.45, 2.75) is 58.2 Å². The number of carbonyl (C=O) groups is 1. The number of unbranched alkanes of at least 4 members (excludes halogenated alkanes) is 2. The highest BCUT2D eigenvalue weighted by atomic mass is 28.4. The van der Waals surface area contributed by atoms with Gasteiger partial charge < -0.3 is 24.3 Å². The van der Waals surface area contributed by atoms with E-state index in [0.717, 1.165) is 25.7 Å². The molecule has 3 N–H and O–H groups in total. The highest BCUT2D eigenvalue weighted by molar-refractivity contribution is 6.60. The van der Waals surface area contributed by atoms with Crippen LogP contribution < -0.4 is 11.1 Å². The van der Waals surface area contributed by atoms with Crippen LogP contribution in [-0.4, -0.2) is 35.3 Å². The Morgan fingerprint density at radius 2 is 1.84 bits per heavy atom. The molecule has 0 aromatic heterocycles. The van der Waals surface area contributed by atoms with E-state index in [9.17, 15) is 4.79 Å². The van der Waals surface area contributed by atoms with Crippen LogP contribution in [0.25, 0.3) is 0 Å². The maximum atomic E-state index is 11.0. The van der Waals surface area contributed by atoms with Crippen LogP contribution in [0.4, 0.5) is 4.79 Å². The molecule has 0 saturated heterocycles. The Labute approximate surface area is 117 Å². The van der Waals surface area contributed by atoms with Gasteiger partial charge in [0.2, 0.25) is 0 Å². The molecule has 114 valence electrons. The lowest BCUT2D eigenvalue weighted by Crippen LogP contribution is -2.52. The Morgan fingerprint density at radius 1 is 1.21 bits per heavy atom. The Morgan fingerprint density at radius 3 is 2.26 bits per heavy atom. The normalized spacial score (nSPS) is 13.3. The van der Waals surface area contributed by atoms with Gasteiger partial charge in [0.1, 0.15) is 6.23 Å². The van der Waals surface area contributed by atoms with Crippen LogP contribution in [-0.2, 0) is 13.3 Å². The summed E-state index contributed by atoms with van der Waals surface area (Å²) in [7, 11) is 0.460. The van der Waals surface area contributed by atoms with Crippen molar-refractivity contribution in [3.63, 3.8) is 0 Å². The predicted molar refractivity (Wildman–Crippen MR) is 76.6 cm³/mol. The zero-order chi connectivity index (χ0) is 14.7. The van der Waals surface area contributed by atoms with Crippen molar-refractivity contribution in [3.8, 4) is 0 Å². The number of hydrogen-bond acceptors (Lipinski definition) is 4. The molecule has 1 atom stereocenters. The third-order valence-corrected chi connectivity index (χ3v) is 5.87. The first-order valence-corrected chi connectivity index (χ1v) is 8.80. The quantitative estimate of drug-likeness (QED) is 0.347. The van der Waals surface area contributed by atoms with Gasteiger partial charge >= 0.3 is 14.8 Å². The van der Waals surface area contributed by atoms with Crippen LogP contribution in [0.5, 0.6) is 0 Å². The number of urea groups is 1. The zero-order valence-corrected chi connectivity index (χ0v) is 13.5. The van der Waals surface area contributed by atoms with Gasteiger partial charge in [0, 0.05) is 20.3 Å². The summed E-state index contributed by atoms with van der Waals surface area (Å²) in [6, 6.07) is 0.123. The van der Waals surface area contributed by atoms with Crippen molar-refractivity contribution in [3.05, 3.63) is 0 Å². The van der Waals surface area contributed by atoms with E-state index in [-0.39, 0.29) is 0 Å². The second-order valence-corrected chi connectivity index (χ2v) is 7.37. The highest BCUT2D eigenvalue weighted by Crippen LogP contribution is 2.19. The number of nitrogens with one attached hydrogen (secondary N) is 1. The maximum Gasteiger partial charge on any atom is 0.501 e. The molecule has 0 bridgehead atoms. The lowest BCUT2D eigenvalue weighted by molar-refractivity contribution is 0.0397. The number of nitrogens with two attached hydrogens (primary N) is 1. The smallest absolute Gasteiger partial charge is 0.377 e. The molecule has 2 amide bonds. The molecule has 0 aromatic carbocycles. The summed E-state index contributed by atoms with van der Waals surface area (Å²) in [5, 5.41) is 2.61. The molecule has 0 aliphatic rings. The first-order chi connectivity index (χ1) is 9.03. The molecule has 19 heavy (non-hydrogen) atoms. The van der Waals surface area contributed by atoms with E-state index in [1.54, 1.807) is 14.2 Å². The van der Waals surface area contributed by atoms with Gasteiger partial charge in [-0.05, 0) is 12.8 Å². The minimum Gasteiger partial charge on any atom is -0.377 e. The van der Waals surface area contributed by atoms with Gasteiger partial charge in [0.15, 0.2) is 0 Å². The number of primary amides is 1. The largest absolute Gasteiger partial charge is 0.501 e. The first-order valence-electron chi connectivity index (χ1n) is 6.87.